The van der Waals surface area contributed by atoms with Crippen LogP contribution in [0.25, 0.3) is 0 Å². The highest BCUT2D eigenvalue weighted by atomic mass is 79.9. The quantitative estimate of drug-likeness (QED) is 0.828. The average molecular weight is 256 g/mol. The van der Waals surface area contributed by atoms with Gasteiger partial charge in [-0.15, -0.1) is 0 Å². The largest absolute Gasteiger partial charge is 0.351 e. The lowest BCUT2D eigenvalue weighted by Crippen LogP contribution is -2.50. The zero-order valence-electron chi connectivity index (χ0n) is 8.20. The molecule has 0 aromatic carbocycles. The third kappa shape index (κ3) is 2.07. The van der Waals surface area contributed by atoms with E-state index >= 15 is 0 Å². The number of nitrogens with zero attached hydrogens (tertiary/aromatic N) is 2. The van der Waals surface area contributed by atoms with Crippen LogP contribution in [0.2, 0.25) is 0 Å². The van der Waals surface area contributed by atoms with E-state index in [9.17, 15) is 0 Å². The molecule has 0 aliphatic carbocycles. The van der Waals surface area contributed by atoms with Crippen molar-refractivity contribution in [2.24, 2.45) is 0 Å². The fourth-order valence-electron chi connectivity index (χ4n) is 1.73. The van der Waals surface area contributed by atoms with Gasteiger partial charge in [0.05, 0.1) is 0 Å². The highest BCUT2D eigenvalue weighted by Gasteiger charge is 2.18. The molecule has 2 rings (SSSR count). The van der Waals surface area contributed by atoms with Crippen molar-refractivity contribution < 1.29 is 0 Å². The lowest BCUT2D eigenvalue weighted by atomic mass is 10.2. The molecule has 4 heteroatoms. The van der Waals surface area contributed by atoms with Crippen molar-refractivity contribution >= 4 is 21.7 Å². The van der Waals surface area contributed by atoms with Gasteiger partial charge in [0, 0.05) is 36.3 Å². The highest BCUT2D eigenvalue weighted by molar-refractivity contribution is 9.10. The van der Waals surface area contributed by atoms with Crippen LogP contribution in [0, 0.1) is 0 Å². The molecule has 1 aliphatic rings. The first-order valence-corrected chi connectivity index (χ1v) is 5.65. The second-order valence-corrected chi connectivity index (χ2v) is 4.49. The maximum Gasteiger partial charge on any atom is 0.129 e. The second kappa shape index (κ2) is 4.28. The van der Waals surface area contributed by atoms with Gasteiger partial charge < -0.3 is 10.2 Å². The Morgan fingerprint density at radius 3 is 3.21 bits per heavy atom. The molecule has 1 atom stereocenters. The smallest absolute Gasteiger partial charge is 0.129 e. The van der Waals surface area contributed by atoms with Crippen LogP contribution >= 0.6 is 15.9 Å². The second-order valence-electron chi connectivity index (χ2n) is 3.58. The number of rotatable bonds is 1. The van der Waals surface area contributed by atoms with Crippen molar-refractivity contribution in [1.82, 2.24) is 10.3 Å². The molecule has 0 saturated carbocycles. The van der Waals surface area contributed by atoms with Gasteiger partial charge in [0.25, 0.3) is 0 Å². The number of nitrogens with one attached hydrogen (secondary N) is 1. The first-order chi connectivity index (χ1) is 6.77. The molecule has 0 unspecified atom stereocenters. The normalized spacial score (nSPS) is 22.4. The van der Waals surface area contributed by atoms with Gasteiger partial charge in [0.2, 0.25) is 0 Å². The van der Waals surface area contributed by atoms with E-state index in [0.29, 0.717) is 6.04 Å². The molecule has 0 spiro atoms. The van der Waals surface area contributed by atoms with Gasteiger partial charge in [-0.1, -0.05) is 15.9 Å². The SMILES string of the molecule is C[C@@H]1CNCCN1c1cc(Br)ccn1. The predicted octanol–water partition coefficient (Wildman–Crippen LogP) is 1.64. The lowest BCUT2D eigenvalue weighted by Gasteiger charge is -2.34. The molecule has 1 saturated heterocycles. The summed E-state index contributed by atoms with van der Waals surface area (Å²) < 4.78 is 1.09. The molecule has 1 N–H and O–H groups in total. The Kier molecular flexibility index (Phi) is 3.03. The average Bonchev–Trinajstić information content (AvgIpc) is 2.18. The monoisotopic (exact) mass is 255 g/mol. The highest BCUT2D eigenvalue weighted by Crippen LogP contribution is 2.19. The molecular formula is C10H14BrN3. The Labute approximate surface area is 92.6 Å². The van der Waals surface area contributed by atoms with Crippen LogP contribution in [0.1, 0.15) is 6.92 Å². The van der Waals surface area contributed by atoms with Crippen molar-refractivity contribution in [2.45, 2.75) is 13.0 Å². The summed E-state index contributed by atoms with van der Waals surface area (Å²) in [6.45, 7) is 5.33. The minimum atomic E-state index is 0.519. The summed E-state index contributed by atoms with van der Waals surface area (Å²) in [5.41, 5.74) is 0. The topological polar surface area (TPSA) is 28.2 Å². The molecule has 1 fully saturated rings. The van der Waals surface area contributed by atoms with Crippen molar-refractivity contribution in [3.8, 4) is 0 Å². The molecule has 2 heterocycles. The van der Waals surface area contributed by atoms with E-state index in [4.69, 9.17) is 0 Å². The summed E-state index contributed by atoms with van der Waals surface area (Å²) in [4.78, 5) is 6.72. The van der Waals surface area contributed by atoms with Crippen LogP contribution in [-0.2, 0) is 0 Å². The minimum absolute atomic E-state index is 0.519. The summed E-state index contributed by atoms with van der Waals surface area (Å²) in [5, 5.41) is 3.37. The van der Waals surface area contributed by atoms with Gasteiger partial charge >= 0.3 is 0 Å². The van der Waals surface area contributed by atoms with Crippen LogP contribution in [0.4, 0.5) is 5.82 Å². The number of hydrogen-bond acceptors (Lipinski definition) is 3. The van der Waals surface area contributed by atoms with E-state index in [-0.39, 0.29) is 0 Å². The predicted molar refractivity (Wildman–Crippen MR) is 61.6 cm³/mol. The number of hydrogen-bond donors (Lipinski definition) is 1. The zero-order valence-corrected chi connectivity index (χ0v) is 9.79. The Balaban J connectivity index is 2.20. The maximum atomic E-state index is 4.38. The molecule has 1 aliphatic heterocycles. The minimum Gasteiger partial charge on any atom is -0.351 e. The number of pyridine rings is 1. The molecule has 14 heavy (non-hydrogen) atoms. The Morgan fingerprint density at radius 2 is 2.50 bits per heavy atom. The Bertz CT molecular complexity index is 316. The van der Waals surface area contributed by atoms with Gasteiger partial charge in [-0.25, -0.2) is 4.98 Å². The van der Waals surface area contributed by atoms with Crippen molar-refractivity contribution in [2.75, 3.05) is 24.5 Å². The first-order valence-electron chi connectivity index (χ1n) is 4.86. The van der Waals surface area contributed by atoms with Crippen molar-refractivity contribution in [3.05, 3.63) is 22.8 Å². The number of anilines is 1. The van der Waals surface area contributed by atoms with Crippen LogP contribution in [0.5, 0.6) is 0 Å². The van der Waals surface area contributed by atoms with Gasteiger partial charge in [0.1, 0.15) is 5.82 Å². The lowest BCUT2D eigenvalue weighted by molar-refractivity contribution is 0.497. The summed E-state index contributed by atoms with van der Waals surface area (Å²) in [7, 11) is 0. The van der Waals surface area contributed by atoms with E-state index < -0.39 is 0 Å². The molecule has 76 valence electrons. The van der Waals surface area contributed by atoms with Gasteiger partial charge in [-0.2, -0.15) is 0 Å². The Morgan fingerprint density at radius 1 is 1.64 bits per heavy atom. The zero-order chi connectivity index (χ0) is 9.97. The summed E-state index contributed by atoms with van der Waals surface area (Å²) >= 11 is 3.47. The fourth-order valence-corrected chi connectivity index (χ4v) is 2.05. The maximum absolute atomic E-state index is 4.38. The Hall–Kier alpha value is -0.610. The molecule has 3 nitrogen and oxygen atoms in total. The molecule has 0 bridgehead atoms. The molecular weight excluding hydrogens is 242 g/mol. The third-order valence-corrected chi connectivity index (χ3v) is 3.00. The molecule has 0 radical (unpaired) electrons. The summed E-state index contributed by atoms with van der Waals surface area (Å²) in [6, 6.07) is 4.55. The fraction of sp³-hybridized carbons (Fsp3) is 0.500. The third-order valence-electron chi connectivity index (χ3n) is 2.50. The number of halogens is 1. The van der Waals surface area contributed by atoms with Crippen LogP contribution in [0.3, 0.4) is 0 Å². The molecule has 1 aromatic heterocycles. The van der Waals surface area contributed by atoms with Crippen LogP contribution < -0.4 is 10.2 Å². The van der Waals surface area contributed by atoms with E-state index in [2.05, 4.69) is 44.1 Å². The van der Waals surface area contributed by atoms with Crippen molar-refractivity contribution in [1.29, 1.82) is 0 Å². The first kappa shape index (κ1) is 9.93. The summed E-state index contributed by atoms with van der Waals surface area (Å²) in [5.74, 6) is 1.06. The summed E-state index contributed by atoms with van der Waals surface area (Å²) in [6.07, 6.45) is 1.84. The molecule has 1 aromatic rings. The van der Waals surface area contributed by atoms with E-state index in [1.54, 1.807) is 0 Å². The van der Waals surface area contributed by atoms with Crippen LogP contribution in [0.15, 0.2) is 22.8 Å². The standard InChI is InChI=1S/C10H14BrN3/c1-8-7-12-4-5-14(8)10-6-9(11)2-3-13-10/h2-3,6,8,12H,4-5,7H2,1H3/t8-/m1/s1. The van der Waals surface area contributed by atoms with Crippen LogP contribution in [-0.4, -0.2) is 30.7 Å². The number of piperazine rings is 1. The molecule has 0 amide bonds. The number of aromatic nitrogens is 1. The van der Waals surface area contributed by atoms with Gasteiger partial charge in [-0.3, -0.25) is 0 Å². The van der Waals surface area contributed by atoms with Gasteiger partial charge in [-0.05, 0) is 19.1 Å². The van der Waals surface area contributed by atoms with E-state index in [0.717, 1.165) is 29.9 Å². The van der Waals surface area contributed by atoms with E-state index in [1.165, 1.54) is 0 Å². The van der Waals surface area contributed by atoms with Crippen molar-refractivity contribution in [3.63, 3.8) is 0 Å². The van der Waals surface area contributed by atoms with Gasteiger partial charge in [0.15, 0.2) is 0 Å². The van der Waals surface area contributed by atoms with E-state index in [1.807, 2.05) is 12.3 Å².